The first-order chi connectivity index (χ1) is 17.2. The summed E-state index contributed by atoms with van der Waals surface area (Å²) in [5.74, 6) is -1.09. The van der Waals surface area contributed by atoms with Crippen molar-refractivity contribution in [3.05, 3.63) is 97.5 Å². The molecule has 0 bridgehead atoms. The maximum atomic E-state index is 12.6. The van der Waals surface area contributed by atoms with Crippen molar-refractivity contribution in [3.8, 4) is 17.6 Å². The topological polar surface area (TPSA) is 132 Å². The molecule has 3 rings (SSSR count). The van der Waals surface area contributed by atoms with Gasteiger partial charge in [0.15, 0.2) is 11.5 Å². The number of nitriles is 1. The number of nitrogens with zero attached hydrogens (tertiary/aromatic N) is 2. The minimum atomic E-state index is -0.823. The lowest BCUT2D eigenvalue weighted by atomic mass is 10.1. The summed E-state index contributed by atoms with van der Waals surface area (Å²) in [6.07, 6.45) is 1.29. The Labute approximate surface area is 215 Å². The van der Waals surface area contributed by atoms with Crippen LogP contribution in [-0.4, -0.2) is 23.4 Å². The fourth-order valence-electron chi connectivity index (χ4n) is 2.94. The molecule has 11 heteroatoms. The molecule has 0 spiro atoms. The Kier molecular flexibility index (Phi) is 8.62. The van der Waals surface area contributed by atoms with Crippen LogP contribution >= 0.6 is 23.2 Å². The summed E-state index contributed by atoms with van der Waals surface area (Å²) in [4.78, 5) is 35.5. The number of anilines is 1. The number of esters is 1. The predicted octanol–water partition coefficient (Wildman–Crippen LogP) is 6.07. The van der Waals surface area contributed by atoms with Crippen LogP contribution in [0.5, 0.6) is 11.5 Å². The number of nitro groups is 1. The largest absolute Gasteiger partial charge is 0.490 e. The highest BCUT2D eigenvalue weighted by atomic mass is 35.5. The summed E-state index contributed by atoms with van der Waals surface area (Å²) in [6, 6.07) is 16.0. The van der Waals surface area contributed by atoms with Gasteiger partial charge in [0.25, 0.3) is 11.6 Å². The van der Waals surface area contributed by atoms with Crippen LogP contribution in [-0.2, 0) is 4.79 Å². The molecule has 0 fully saturated rings. The van der Waals surface area contributed by atoms with E-state index in [4.69, 9.17) is 32.7 Å². The highest BCUT2D eigenvalue weighted by molar-refractivity contribution is 6.34. The van der Waals surface area contributed by atoms with E-state index in [2.05, 4.69) is 5.32 Å². The zero-order valence-electron chi connectivity index (χ0n) is 18.7. The molecule has 3 aromatic rings. The number of carbonyl (C=O) groups is 2. The summed E-state index contributed by atoms with van der Waals surface area (Å²) in [5, 5.41) is 23.4. The first kappa shape index (κ1) is 26.2. The molecular weight excluding hydrogens is 509 g/mol. The second kappa shape index (κ2) is 11.8. The van der Waals surface area contributed by atoms with Gasteiger partial charge in [-0.25, -0.2) is 4.79 Å². The van der Waals surface area contributed by atoms with Crippen molar-refractivity contribution in [1.29, 1.82) is 5.26 Å². The number of hydrogen-bond acceptors (Lipinski definition) is 7. The SMILES string of the molecule is CCOc1cc(/C=C(\C#N)C(=O)Nc2cc([N+](=O)[O-])ccc2Cl)ccc1OC(=O)c1ccc(Cl)cc1. The van der Waals surface area contributed by atoms with E-state index in [0.717, 1.165) is 6.07 Å². The van der Waals surface area contributed by atoms with Crippen LogP contribution < -0.4 is 14.8 Å². The number of nitrogens with one attached hydrogen (secondary N) is 1. The number of nitro benzene ring substituents is 1. The fourth-order valence-corrected chi connectivity index (χ4v) is 3.23. The Morgan fingerprint density at radius 3 is 2.44 bits per heavy atom. The summed E-state index contributed by atoms with van der Waals surface area (Å²) in [7, 11) is 0. The van der Waals surface area contributed by atoms with Gasteiger partial charge in [0.1, 0.15) is 11.6 Å². The number of halogens is 2. The molecule has 36 heavy (non-hydrogen) atoms. The van der Waals surface area contributed by atoms with E-state index in [-0.39, 0.29) is 45.6 Å². The molecule has 1 amide bonds. The Morgan fingerprint density at radius 1 is 1.08 bits per heavy atom. The first-order valence-electron chi connectivity index (χ1n) is 10.3. The number of hydrogen-bond donors (Lipinski definition) is 1. The molecule has 0 saturated carbocycles. The maximum Gasteiger partial charge on any atom is 0.343 e. The lowest BCUT2D eigenvalue weighted by molar-refractivity contribution is -0.384. The number of ether oxygens (including phenoxy) is 2. The van der Waals surface area contributed by atoms with Crippen molar-refractivity contribution < 1.29 is 24.0 Å². The normalized spacial score (nSPS) is 10.8. The van der Waals surface area contributed by atoms with Crippen LogP contribution in [0.4, 0.5) is 11.4 Å². The second-order valence-corrected chi connectivity index (χ2v) is 7.92. The molecule has 0 heterocycles. The Balaban J connectivity index is 1.84. The molecule has 0 aliphatic carbocycles. The molecule has 0 atom stereocenters. The van der Waals surface area contributed by atoms with E-state index in [0.29, 0.717) is 10.6 Å². The predicted molar refractivity (Wildman–Crippen MR) is 134 cm³/mol. The van der Waals surface area contributed by atoms with Gasteiger partial charge in [0.05, 0.1) is 27.8 Å². The van der Waals surface area contributed by atoms with Gasteiger partial charge in [-0.05, 0) is 61.0 Å². The summed E-state index contributed by atoms with van der Waals surface area (Å²) < 4.78 is 11.0. The van der Waals surface area contributed by atoms with Gasteiger partial charge < -0.3 is 14.8 Å². The molecule has 1 N–H and O–H groups in total. The standard InChI is InChI=1S/C25H17Cl2N3O6/c1-2-35-23-12-15(3-10-22(23)36-25(32)16-4-6-18(26)7-5-16)11-17(14-28)24(31)29-21-13-19(30(33)34)8-9-20(21)27/h3-13H,2H2,1H3,(H,29,31)/b17-11+. The van der Waals surface area contributed by atoms with Crippen molar-refractivity contribution in [2.24, 2.45) is 0 Å². The highest BCUT2D eigenvalue weighted by Crippen LogP contribution is 2.31. The van der Waals surface area contributed by atoms with Crippen molar-refractivity contribution in [1.82, 2.24) is 0 Å². The number of carbonyl (C=O) groups excluding carboxylic acids is 2. The minimum absolute atomic E-state index is 0.0171. The molecule has 9 nitrogen and oxygen atoms in total. The van der Waals surface area contributed by atoms with Gasteiger partial charge in [0.2, 0.25) is 0 Å². The molecule has 0 radical (unpaired) electrons. The van der Waals surface area contributed by atoms with E-state index in [1.54, 1.807) is 25.1 Å². The van der Waals surface area contributed by atoms with E-state index >= 15 is 0 Å². The molecule has 3 aromatic carbocycles. The Bertz CT molecular complexity index is 1400. The van der Waals surface area contributed by atoms with Gasteiger partial charge in [-0.1, -0.05) is 29.3 Å². The van der Waals surface area contributed by atoms with Crippen molar-refractivity contribution in [2.75, 3.05) is 11.9 Å². The van der Waals surface area contributed by atoms with Crippen LogP contribution in [0.25, 0.3) is 6.08 Å². The summed E-state index contributed by atoms with van der Waals surface area (Å²) in [6.45, 7) is 2.00. The molecule has 0 aliphatic heterocycles. The zero-order chi connectivity index (χ0) is 26.2. The van der Waals surface area contributed by atoms with E-state index in [1.807, 2.05) is 0 Å². The van der Waals surface area contributed by atoms with Crippen molar-refractivity contribution >= 4 is 52.5 Å². The quantitative estimate of drug-likeness (QED) is 0.0942. The molecule has 0 aliphatic rings. The second-order valence-electron chi connectivity index (χ2n) is 7.08. The van der Waals surface area contributed by atoms with E-state index in [1.165, 1.54) is 48.5 Å². The summed E-state index contributed by atoms with van der Waals surface area (Å²) in [5.41, 5.74) is 0.0975. The third-order valence-corrected chi connectivity index (χ3v) is 5.22. The Hall–Kier alpha value is -4.39. The smallest absolute Gasteiger partial charge is 0.343 e. The average Bonchev–Trinajstić information content (AvgIpc) is 2.85. The lowest BCUT2D eigenvalue weighted by Gasteiger charge is -2.12. The van der Waals surface area contributed by atoms with Gasteiger partial charge in [-0.2, -0.15) is 5.26 Å². The van der Waals surface area contributed by atoms with Crippen LogP contribution in [0.3, 0.4) is 0 Å². The maximum absolute atomic E-state index is 12.6. The number of non-ortho nitro benzene ring substituents is 1. The minimum Gasteiger partial charge on any atom is -0.490 e. The fraction of sp³-hybridized carbons (Fsp3) is 0.0800. The molecule has 0 aromatic heterocycles. The molecule has 182 valence electrons. The number of benzene rings is 3. The molecule has 0 unspecified atom stereocenters. The van der Waals surface area contributed by atoms with Gasteiger partial charge in [-0.3, -0.25) is 14.9 Å². The van der Waals surface area contributed by atoms with Crippen molar-refractivity contribution in [3.63, 3.8) is 0 Å². The average molecular weight is 526 g/mol. The van der Waals surface area contributed by atoms with Crippen LogP contribution in [0.2, 0.25) is 10.0 Å². The Morgan fingerprint density at radius 2 is 1.81 bits per heavy atom. The van der Waals surface area contributed by atoms with Crippen LogP contribution in [0.1, 0.15) is 22.8 Å². The van der Waals surface area contributed by atoms with Crippen LogP contribution in [0.15, 0.2) is 66.2 Å². The lowest BCUT2D eigenvalue weighted by Crippen LogP contribution is -2.14. The van der Waals surface area contributed by atoms with E-state index in [9.17, 15) is 25.0 Å². The van der Waals surface area contributed by atoms with E-state index < -0.39 is 16.8 Å². The third-order valence-electron chi connectivity index (χ3n) is 4.64. The highest BCUT2D eigenvalue weighted by Gasteiger charge is 2.17. The molecule has 0 saturated heterocycles. The summed E-state index contributed by atoms with van der Waals surface area (Å²) >= 11 is 11.9. The third kappa shape index (κ3) is 6.60. The van der Waals surface area contributed by atoms with Crippen molar-refractivity contribution in [2.45, 2.75) is 6.92 Å². The first-order valence-corrected chi connectivity index (χ1v) is 11.1. The number of amides is 1. The zero-order valence-corrected chi connectivity index (χ0v) is 20.2. The van der Waals surface area contributed by atoms with Gasteiger partial charge in [0, 0.05) is 17.2 Å². The van der Waals surface area contributed by atoms with Gasteiger partial charge in [-0.15, -0.1) is 0 Å². The van der Waals surface area contributed by atoms with Gasteiger partial charge >= 0.3 is 5.97 Å². The monoisotopic (exact) mass is 525 g/mol. The number of rotatable bonds is 8. The van der Waals surface area contributed by atoms with Crippen LogP contribution in [0, 0.1) is 21.4 Å². The molecular formula is C25H17Cl2N3O6.